The van der Waals surface area contributed by atoms with Crippen LogP contribution in [0.3, 0.4) is 0 Å². The average Bonchev–Trinajstić information content (AvgIpc) is 2.84. The summed E-state index contributed by atoms with van der Waals surface area (Å²) < 4.78 is 13.5. The number of benzene rings is 1. The lowest BCUT2D eigenvalue weighted by Crippen LogP contribution is -2.44. The molecule has 1 atom stereocenters. The number of amidine groups is 1. The number of halogens is 2. The lowest BCUT2D eigenvalue weighted by molar-refractivity contribution is -0.125. The minimum absolute atomic E-state index is 0.134. The van der Waals surface area contributed by atoms with Crippen LogP contribution in [0.25, 0.3) is 0 Å². The van der Waals surface area contributed by atoms with Crippen molar-refractivity contribution < 1.29 is 9.18 Å². The third-order valence-electron chi connectivity index (χ3n) is 4.38. The van der Waals surface area contributed by atoms with E-state index < -0.39 is 5.82 Å². The Morgan fingerprint density at radius 3 is 2.64 bits per heavy atom. The first-order valence-corrected chi connectivity index (χ1v) is 11.2. The summed E-state index contributed by atoms with van der Waals surface area (Å²) >= 11 is 6.15. The van der Waals surface area contributed by atoms with Crippen molar-refractivity contribution in [2.75, 3.05) is 19.0 Å². The molecular formula is C25H32ClFN8O. The molecular weight excluding hydrogens is 483 g/mol. The summed E-state index contributed by atoms with van der Waals surface area (Å²) in [4.78, 5) is 28.7. The van der Waals surface area contributed by atoms with Crippen LogP contribution in [0.4, 0.5) is 10.1 Å². The van der Waals surface area contributed by atoms with Gasteiger partial charge in [0.25, 0.3) is 5.91 Å². The Kier molecular flexibility index (Phi) is 13.8. The number of nitrogens with one attached hydrogen (secondary N) is 3. The second-order valence-electron chi connectivity index (χ2n) is 7.35. The summed E-state index contributed by atoms with van der Waals surface area (Å²) in [7, 11) is 1.66. The lowest BCUT2D eigenvalue weighted by Gasteiger charge is -2.27. The highest BCUT2D eigenvalue weighted by atomic mass is 35.5. The van der Waals surface area contributed by atoms with E-state index in [1.807, 2.05) is 13.8 Å². The van der Waals surface area contributed by atoms with Gasteiger partial charge in [0.2, 0.25) is 0 Å². The first-order valence-electron chi connectivity index (χ1n) is 10.9. The number of carbonyl (C=O) groups excluding carboxylic acids is 1. The Bertz CT molecular complexity index is 1090. The van der Waals surface area contributed by atoms with E-state index in [1.165, 1.54) is 35.8 Å². The molecule has 9 nitrogen and oxygen atoms in total. The molecule has 0 saturated carbocycles. The maximum atomic E-state index is 13.5. The monoisotopic (exact) mass is 514 g/mol. The van der Waals surface area contributed by atoms with Crippen molar-refractivity contribution in [2.45, 2.75) is 26.8 Å². The van der Waals surface area contributed by atoms with E-state index >= 15 is 0 Å². The molecule has 0 fully saturated rings. The van der Waals surface area contributed by atoms with Gasteiger partial charge in [-0.05, 0) is 58.5 Å². The highest BCUT2D eigenvalue weighted by Gasteiger charge is 2.17. The van der Waals surface area contributed by atoms with Crippen LogP contribution in [0, 0.1) is 5.82 Å². The van der Waals surface area contributed by atoms with Crippen LogP contribution >= 0.6 is 11.6 Å². The molecule has 1 aromatic rings. The average molecular weight is 515 g/mol. The van der Waals surface area contributed by atoms with Crippen LogP contribution < -0.4 is 16.1 Å². The molecule has 0 aliphatic carbocycles. The Labute approximate surface area is 216 Å². The predicted molar refractivity (Wildman–Crippen MR) is 149 cm³/mol. The molecule has 11 heteroatoms. The quantitative estimate of drug-likeness (QED) is 0.118. The molecule has 1 rings (SSSR count). The third-order valence-corrected chi connectivity index (χ3v) is 4.69. The van der Waals surface area contributed by atoms with Gasteiger partial charge in [-0.15, -0.1) is 0 Å². The van der Waals surface area contributed by atoms with Crippen molar-refractivity contribution >= 4 is 48.8 Å². The first-order chi connectivity index (χ1) is 17.2. The molecule has 192 valence electrons. The van der Waals surface area contributed by atoms with Gasteiger partial charge in [-0.1, -0.05) is 29.8 Å². The van der Waals surface area contributed by atoms with Crippen LogP contribution in [0.5, 0.6) is 0 Å². The van der Waals surface area contributed by atoms with Crippen LogP contribution in [0.2, 0.25) is 5.02 Å². The molecule has 1 unspecified atom stereocenters. The van der Waals surface area contributed by atoms with E-state index in [4.69, 9.17) is 11.6 Å². The Morgan fingerprint density at radius 2 is 2.00 bits per heavy atom. The largest absolute Gasteiger partial charge is 0.364 e. The minimum Gasteiger partial charge on any atom is -0.364 e. The Balaban J connectivity index is 3.05. The fourth-order valence-electron chi connectivity index (χ4n) is 2.48. The number of amides is 1. The standard InChI is InChI=1S/C25H32ClFN8O/c1-18(29-5)10-8-7-9-11-25(36)35(34-23-13-12-21(27)14-22(23)26)16-19(2)33-24(15-28-4)32-17-31-20(3)30-6/h7-15,17,19,33-34H,4-5,16H2,1-3,6H3,(H,30,31,32)/b8-7-,11-9+,18-10+,24-15-. The molecule has 1 aromatic carbocycles. The molecule has 0 aromatic heterocycles. The van der Waals surface area contributed by atoms with Gasteiger partial charge in [0, 0.05) is 24.9 Å². The van der Waals surface area contributed by atoms with Gasteiger partial charge in [-0.3, -0.25) is 30.2 Å². The molecule has 0 aliphatic heterocycles. The number of hydrogen-bond acceptors (Lipinski definition) is 7. The fraction of sp³-hybridized carbons (Fsp3) is 0.240. The van der Waals surface area contributed by atoms with E-state index in [9.17, 15) is 9.18 Å². The van der Waals surface area contributed by atoms with Gasteiger partial charge >= 0.3 is 0 Å². The normalized spacial score (nSPS) is 13.8. The summed E-state index contributed by atoms with van der Waals surface area (Å²) in [6, 6.07) is 3.57. The zero-order chi connectivity index (χ0) is 26.9. The Morgan fingerprint density at radius 1 is 1.25 bits per heavy atom. The number of anilines is 1. The zero-order valence-corrected chi connectivity index (χ0v) is 21.6. The number of aliphatic imine (C=N–C) groups is 4. The Hall–Kier alpha value is -4.05. The van der Waals surface area contributed by atoms with Crippen molar-refractivity contribution in [3.8, 4) is 0 Å². The maximum Gasteiger partial charge on any atom is 0.264 e. The number of allylic oxidation sites excluding steroid dienone is 5. The van der Waals surface area contributed by atoms with E-state index in [-0.39, 0.29) is 23.5 Å². The molecule has 0 spiro atoms. The summed E-state index contributed by atoms with van der Waals surface area (Å²) in [6.07, 6.45) is 11.1. The molecule has 36 heavy (non-hydrogen) atoms. The summed E-state index contributed by atoms with van der Waals surface area (Å²) in [5.74, 6) is 0.255. The fourth-order valence-corrected chi connectivity index (χ4v) is 2.69. The SMILES string of the molecule is C=N/C=C(/N=C\NC(C)=NC)NC(C)CN(Nc1ccc(F)cc1Cl)C(=O)/C=C/C=C\C=C(/C)N=C. The third kappa shape index (κ3) is 11.9. The molecule has 0 saturated heterocycles. The van der Waals surface area contributed by atoms with Crippen molar-refractivity contribution in [2.24, 2.45) is 20.0 Å². The molecule has 3 N–H and O–H groups in total. The molecule has 0 aliphatic rings. The first kappa shape index (κ1) is 30.0. The van der Waals surface area contributed by atoms with Crippen LogP contribution in [0.15, 0.2) is 86.3 Å². The molecule has 0 radical (unpaired) electrons. The number of carbonyl (C=O) groups is 1. The summed E-state index contributed by atoms with van der Waals surface area (Å²) in [5, 5.41) is 7.55. The minimum atomic E-state index is -0.484. The summed E-state index contributed by atoms with van der Waals surface area (Å²) in [6.45, 7) is 12.5. The zero-order valence-electron chi connectivity index (χ0n) is 20.9. The van der Waals surface area contributed by atoms with E-state index in [0.29, 0.717) is 17.3 Å². The van der Waals surface area contributed by atoms with Crippen molar-refractivity contribution in [3.63, 3.8) is 0 Å². The van der Waals surface area contributed by atoms with Gasteiger partial charge in [-0.2, -0.15) is 0 Å². The highest BCUT2D eigenvalue weighted by molar-refractivity contribution is 6.33. The molecule has 0 heterocycles. The highest BCUT2D eigenvalue weighted by Crippen LogP contribution is 2.23. The van der Waals surface area contributed by atoms with Crippen LogP contribution in [-0.4, -0.2) is 56.2 Å². The van der Waals surface area contributed by atoms with Crippen molar-refractivity contribution in [1.82, 2.24) is 15.6 Å². The number of nitrogens with zero attached hydrogens (tertiary/aromatic N) is 5. The van der Waals surface area contributed by atoms with Crippen LogP contribution in [0.1, 0.15) is 20.8 Å². The number of hydrazine groups is 1. The topological polar surface area (TPSA) is 106 Å². The molecule has 1 amide bonds. The van der Waals surface area contributed by atoms with Gasteiger partial charge in [-0.25, -0.2) is 9.38 Å². The number of hydrogen-bond donors (Lipinski definition) is 3. The van der Waals surface area contributed by atoms with E-state index in [2.05, 4.69) is 49.5 Å². The summed E-state index contributed by atoms with van der Waals surface area (Å²) in [5.41, 5.74) is 4.07. The number of rotatable bonds is 13. The van der Waals surface area contributed by atoms with Crippen LogP contribution in [-0.2, 0) is 4.79 Å². The predicted octanol–water partition coefficient (Wildman–Crippen LogP) is 4.50. The lowest BCUT2D eigenvalue weighted by atomic mass is 10.3. The van der Waals surface area contributed by atoms with Gasteiger partial charge in [0.1, 0.15) is 11.6 Å². The van der Waals surface area contributed by atoms with Crippen molar-refractivity contribution in [1.29, 1.82) is 0 Å². The second kappa shape index (κ2) is 16.6. The van der Waals surface area contributed by atoms with Gasteiger partial charge < -0.3 is 10.6 Å². The second-order valence-corrected chi connectivity index (χ2v) is 7.76. The maximum absolute atomic E-state index is 13.5. The molecule has 0 bridgehead atoms. The van der Waals surface area contributed by atoms with E-state index in [0.717, 1.165) is 11.8 Å². The van der Waals surface area contributed by atoms with Gasteiger partial charge in [0.15, 0.2) is 0 Å². The van der Waals surface area contributed by atoms with E-state index in [1.54, 1.807) is 38.3 Å². The smallest absolute Gasteiger partial charge is 0.264 e. The van der Waals surface area contributed by atoms with Gasteiger partial charge in [0.05, 0.1) is 35.6 Å². The van der Waals surface area contributed by atoms with Crippen molar-refractivity contribution in [3.05, 3.63) is 77.1 Å².